The molecule has 2 aromatic heterocycles. The third-order valence-electron chi connectivity index (χ3n) is 2.39. The number of hydrogen-bond acceptors (Lipinski definition) is 5. The van der Waals surface area contributed by atoms with E-state index in [0.29, 0.717) is 11.4 Å². The van der Waals surface area contributed by atoms with Crippen molar-refractivity contribution in [3.05, 3.63) is 18.0 Å². The zero-order chi connectivity index (χ0) is 13.3. The highest BCUT2D eigenvalue weighted by atomic mass is 16.2. The first kappa shape index (κ1) is 12.1. The molecule has 96 valence electrons. The van der Waals surface area contributed by atoms with Gasteiger partial charge in [0.05, 0.1) is 12.7 Å². The standard InChI is InChI=1S/C10H15N7O/c1-6(2)17-5-7(11)4-8(17)9(18)12-10-13-15-16(3)14-10/h4-6H,11H2,1-3H3,(H,12,14,18). The lowest BCUT2D eigenvalue weighted by Gasteiger charge is -2.11. The molecular formula is C10H15N7O. The summed E-state index contributed by atoms with van der Waals surface area (Å²) in [6.45, 7) is 3.94. The number of hydrogen-bond donors (Lipinski definition) is 2. The summed E-state index contributed by atoms with van der Waals surface area (Å²) in [5, 5.41) is 13.8. The van der Waals surface area contributed by atoms with Crippen LogP contribution < -0.4 is 11.1 Å². The van der Waals surface area contributed by atoms with Crippen molar-refractivity contribution >= 4 is 17.5 Å². The van der Waals surface area contributed by atoms with Gasteiger partial charge in [0, 0.05) is 12.2 Å². The number of carbonyl (C=O) groups is 1. The minimum atomic E-state index is -0.312. The van der Waals surface area contributed by atoms with Crippen LogP contribution in [0.15, 0.2) is 12.3 Å². The van der Waals surface area contributed by atoms with Gasteiger partial charge in [-0.05, 0) is 25.1 Å². The minimum Gasteiger partial charge on any atom is -0.397 e. The first-order valence-corrected chi connectivity index (χ1v) is 5.50. The predicted octanol–water partition coefficient (Wildman–Crippen LogP) is 0.427. The second-order valence-corrected chi connectivity index (χ2v) is 4.22. The van der Waals surface area contributed by atoms with Crippen LogP contribution in [0.5, 0.6) is 0 Å². The van der Waals surface area contributed by atoms with Crippen LogP contribution in [0, 0.1) is 0 Å². The summed E-state index contributed by atoms with van der Waals surface area (Å²) < 4.78 is 1.79. The number of rotatable bonds is 3. The molecule has 8 nitrogen and oxygen atoms in total. The molecule has 0 radical (unpaired) electrons. The lowest BCUT2D eigenvalue weighted by atomic mass is 10.3. The first-order valence-electron chi connectivity index (χ1n) is 5.50. The molecule has 0 spiro atoms. The molecule has 2 rings (SSSR count). The largest absolute Gasteiger partial charge is 0.397 e. The van der Waals surface area contributed by atoms with Crippen LogP contribution in [0.1, 0.15) is 30.4 Å². The molecular weight excluding hydrogens is 234 g/mol. The zero-order valence-electron chi connectivity index (χ0n) is 10.5. The molecule has 0 atom stereocenters. The SMILES string of the molecule is CC(C)n1cc(N)cc1C(=O)Nc1nnn(C)n1. The number of tetrazole rings is 1. The van der Waals surface area contributed by atoms with Crippen molar-refractivity contribution in [1.82, 2.24) is 24.8 Å². The van der Waals surface area contributed by atoms with E-state index in [1.165, 1.54) is 4.80 Å². The number of nitrogens with two attached hydrogens (primary N) is 1. The van der Waals surface area contributed by atoms with Crippen LogP contribution in [0.25, 0.3) is 0 Å². The van der Waals surface area contributed by atoms with Crippen LogP contribution >= 0.6 is 0 Å². The molecule has 0 saturated carbocycles. The molecule has 2 heterocycles. The van der Waals surface area contributed by atoms with Crippen LogP contribution in [-0.4, -0.2) is 30.7 Å². The molecule has 0 bridgehead atoms. The summed E-state index contributed by atoms with van der Waals surface area (Å²) in [7, 11) is 1.62. The molecule has 0 aromatic carbocycles. The fourth-order valence-electron chi connectivity index (χ4n) is 1.61. The Balaban J connectivity index is 2.23. The number of anilines is 2. The summed E-state index contributed by atoms with van der Waals surface area (Å²) in [6.07, 6.45) is 1.73. The molecule has 0 aliphatic rings. The van der Waals surface area contributed by atoms with Gasteiger partial charge in [0.15, 0.2) is 0 Å². The minimum absolute atomic E-state index is 0.137. The van der Waals surface area contributed by atoms with Crippen LogP contribution in [0.4, 0.5) is 11.6 Å². The van der Waals surface area contributed by atoms with E-state index in [1.807, 2.05) is 13.8 Å². The summed E-state index contributed by atoms with van der Waals surface area (Å²) in [5.74, 6) is -0.147. The number of aryl methyl sites for hydroxylation is 1. The van der Waals surface area contributed by atoms with Gasteiger partial charge in [-0.3, -0.25) is 10.1 Å². The van der Waals surface area contributed by atoms with Crippen LogP contribution in [0.2, 0.25) is 0 Å². The quantitative estimate of drug-likeness (QED) is 0.820. The van der Waals surface area contributed by atoms with E-state index in [2.05, 4.69) is 20.7 Å². The average molecular weight is 249 g/mol. The maximum absolute atomic E-state index is 12.1. The molecule has 0 saturated heterocycles. The van der Waals surface area contributed by atoms with Crippen molar-refractivity contribution in [2.24, 2.45) is 7.05 Å². The molecule has 1 amide bonds. The molecule has 8 heteroatoms. The lowest BCUT2D eigenvalue weighted by molar-refractivity contribution is 0.101. The van der Waals surface area contributed by atoms with Gasteiger partial charge < -0.3 is 10.3 Å². The van der Waals surface area contributed by atoms with Crippen LogP contribution in [0.3, 0.4) is 0 Å². The van der Waals surface area contributed by atoms with Crippen molar-refractivity contribution in [3.63, 3.8) is 0 Å². The third-order valence-corrected chi connectivity index (χ3v) is 2.39. The van der Waals surface area contributed by atoms with Gasteiger partial charge in [-0.25, -0.2) is 0 Å². The Morgan fingerprint density at radius 3 is 2.78 bits per heavy atom. The number of amides is 1. The number of carbonyl (C=O) groups excluding carboxylic acids is 1. The molecule has 0 unspecified atom stereocenters. The summed E-state index contributed by atoms with van der Waals surface area (Å²) >= 11 is 0. The highest BCUT2D eigenvalue weighted by molar-refractivity contribution is 6.02. The molecule has 0 aliphatic heterocycles. The van der Waals surface area contributed by atoms with Crippen molar-refractivity contribution in [3.8, 4) is 0 Å². The van der Waals surface area contributed by atoms with Crippen molar-refractivity contribution in [1.29, 1.82) is 0 Å². The van der Waals surface area contributed by atoms with Crippen molar-refractivity contribution in [2.75, 3.05) is 11.1 Å². The number of nitrogen functional groups attached to an aromatic ring is 1. The van der Waals surface area contributed by atoms with E-state index in [9.17, 15) is 4.79 Å². The Kier molecular flexibility index (Phi) is 3.00. The Morgan fingerprint density at radius 2 is 2.22 bits per heavy atom. The fourth-order valence-corrected chi connectivity index (χ4v) is 1.61. The van der Waals surface area contributed by atoms with Gasteiger partial charge in [-0.2, -0.15) is 4.80 Å². The van der Waals surface area contributed by atoms with E-state index in [0.717, 1.165) is 0 Å². The smallest absolute Gasteiger partial charge is 0.274 e. The molecule has 3 N–H and O–H groups in total. The second kappa shape index (κ2) is 4.47. The number of nitrogens with zero attached hydrogens (tertiary/aromatic N) is 5. The van der Waals surface area contributed by atoms with E-state index in [4.69, 9.17) is 5.73 Å². The highest BCUT2D eigenvalue weighted by Gasteiger charge is 2.16. The van der Waals surface area contributed by atoms with E-state index in [-0.39, 0.29) is 17.9 Å². The predicted molar refractivity (Wildman–Crippen MR) is 66.0 cm³/mol. The van der Waals surface area contributed by atoms with Gasteiger partial charge >= 0.3 is 0 Å². The fraction of sp³-hybridized carbons (Fsp3) is 0.400. The average Bonchev–Trinajstić information content (AvgIpc) is 2.85. The topological polar surface area (TPSA) is 104 Å². The maximum Gasteiger partial charge on any atom is 0.274 e. The van der Waals surface area contributed by atoms with E-state index in [1.54, 1.807) is 23.9 Å². The molecule has 0 aliphatic carbocycles. The Bertz CT molecular complexity index is 569. The maximum atomic E-state index is 12.1. The normalized spacial score (nSPS) is 10.9. The monoisotopic (exact) mass is 249 g/mol. The van der Waals surface area contributed by atoms with Crippen molar-refractivity contribution in [2.45, 2.75) is 19.9 Å². The Labute approximate surface area is 104 Å². The van der Waals surface area contributed by atoms with Gasteiger partial charge in [0.2, 0.25) is 0 Å². The molecule has 0 fully saturated rings. The second-order valence-electron chi connectivity index (χ2n) is 4.22. The summed E-state index contributed by atoms with van der Waals surface area (Å²) in [6, 6.07) is 1.75. The van der Waals surface area contributed by atoms with Gasteiger partial charge in [-0.15, -0.1) is 5.10 Å². The third kappa shape index (κ3) is 2.31. The van der Waals surface area contributed by atoms with Gasteiger partial charge in [0.25, 0.3) is 11.9 Å². The summed E-state index contributed by atoms with van der Waals surface area (Å²) in [4.78, 5) is 13.3. The Hall–Kier alpha value is -2.38. The van der Waals surface area contributed by atoms with E-state index < -0.39 is 0 Å². The Morgan fingerprint density at radius 1 is 1.50 bits per heavy atom. The highest BCUT2D eigenvalue weighted by Crippen LogP contribution is 2.17. The lowest BCUT2D eigenvalue weighted by Crippen LogP contribution is -2.18. The van der Waals surface area contributed by atoms with E-state index >= 15 is 0 Å². The van der Waals surface area contributed by atoms with Gasteiger partial charge in [0.1, 0.15) is 5.69 Å². The zero-order valence-corrected chi connectivity index (χ0v) is 10.5. The molecule has 18 heavy (non-hydrogen) atoms. The number of aromatic nitrogens is 5. The number of nitrogens with one attached hydrogen (secondary N) is 1. The first-order chi connectivity index (χ1) is 8.47. The van der Waals surface area contributed by atoms with Crippen LogP contribution in [-0.2, 0) is 7.05 Å². The van der Waals surface area contributed by atoms with Gasteiger partial charge in [-0.1, -0.05) is 5.10 Å². The molecule has 2 aromatic rings. The van der Waals surface area contributed by atoms with Crippen molar-refractivity contribution < 1.29 is 4.79 Å². The summed E-state index contributed by atoms with van der Waals surface area (Å²) in [5.41, 5.74) is 6.71.